The molecule has 0 radical (unpaired) electrons. The van der Waals surface area contributed by atoms with Gasteiger partial charge in [-0.3, -0.25) is 19.7 Å². The maximum atomic E-state index is 13.2. The van der Waals surface area contributed by atoms with Gasteiger partial charge in [-0.1, -0.05) is 12.1 Å². The van der Waals surface area contributed by atoms with Gasteiger partial charge in [0.05, 0.1) is 10.6 Å². The van der Waals surface area contributed by atoms with E-state index in [9.17, 15) is 24.1 Å². The number of amides is 1. The highest BCUT2D eigenvalue weighted by atomic mass is 19.1. The summed E-state index contributed by atoms with van der Waals surface area (Å²) in [6.45, 7) is 2.94. The summed E-state index contributed by atoms with van der Waals surface area (Å²) in [5.74, 6) is -1.07. The van der Waals surface area contributed by atoms with Gasteiger partial charge in [0.25, 0.3) is 17.2 Å². The predicted octanol–water partition coefficient (Wildman–Crippen LogP) is 3.33. The molecular weight excluding hydrogens is 379 g/mol. The van der Waals surface area contributed by atoms with Crippen molar-refractivity contribution < 1.29 is 14.1 Å². The van der Waals surface area contributed by atoms with E-state index in [0.717, 1.165) is 4.68 Å². The largest absolute Gasteiger partial charge is 0.318 e. The van der Waals surface area contributed by atoms with Gasteiger partial charge >= 0.3 is 0 Å². The lowest BCUT2D eigenvalue weighted by molar-refractivity contribution is -0.383. The van der Waals surface area contributed by atoms with Crippen LogP contribution in [0, 0.1) is 15.9 Å². The van der Waals surface area contributed by atoms with E-state index >= 15 is 0 Å². The quantitative estimate of drug-likeness (QED) is 0.526. The number of hydrogen-bond acceptors (Lipinski definition) is 5. The van der Waals surface area contributed by atoms with Crippen LogP contribution >= 0.6 is 0 Å². The average molecular weight is 396 g/mol. The molecule has 0 aliphatic carbocycles. The van der Waals surface area contributed by atoms with Crippen LogP contribution in [0.1, 0.15) is 13.8 Å². The minimum atomic E-state index is -1.46. The Hall–Kier alpha value is -3.88. The van der Waals surface area contributed by atoms with Crippen LogP contribution in [-0.4, -0.2) is 20.6 Å². The third-order valence-corrected chi connectivity index (χ3v) is 4.37. The summed E-state index contributed by atoms with van der Waals surface area (Å²) in [7, 11) is 0. The van der Waals surface area contributed by atoms with Crippen molar-refractivity contribution in [3.63, 3.8) is 0 Å². The lowest BCUT2D eigenvalue weighted by Gasteiger charge is -2.25. The molecule has 8 nitrogen and oxygen atoms in total. The Labute approximate surface area is 164 Å². The van der Waals surface area contributed by atoms with Gasteiger partial charge in [0.1, 0.15) is 17.0 Å². The summed E-state index contributed by atoms with van der Waals surface area (Å²) in [5.41, 5.74) is -1.31. The topological polar surface area (TPSA) is 107 Å². The molecule has 9 heteroatoms. The fourth-order valence-electron chi connectivity index (χ4n) is 2.70. The fourth-order valence-corrected chi connectivity index (χ4v) is 2.70. The Morgan fingerprint density at radius 2 is 1.76 bits per heavy atom. The van der Waals surface area contributed by atoms with E-state index in [0.29, 0.717) is 11.3 Å². The van der Waals surface area contributed by atoms with E-state index < -0.39 is 27.7 Å². The number of nitro benzene ring substituents is 1. The molecule has 0 saturated carbocycles. The van der Waals surface area contributed by atoms with E-state index in [-0.39, 0.29) is 11.4 Å². The summed E-state index contributed by atoms with van der Waals surface area (Å²) in [6.07, 6.45) is 0. The number of hydrogen-bond donors (Lipinski definition) is 1. The Bertz CT molecular complexity index is 1140. The van der Waals surface area contributed by atoms with Crippen molar-refractivity contribution in [2.45, 2.75) is 19.4 Å². The molecule has 0 spiro atoms. The number of anilines is 1. The lowest BCUT2D eigenvalue weighted by atomic mass is 10.0. The first kappa shape index (κ1) is 19.9. The van der Waals surface area contributed by atoms with Gasteiger partial charge in [0.2, 0.25) is 0 Å². The van der Waals surface area contributed by atoms with Crippen LogP contribution in [0.4, 0.5) is 15.8 Å². The Morgan fingerprint density at radius 1 is 1.10 bits per heavy atom. The molecule has 0 aliphatic heterocycles. The number of para-hydroxylation sites is 2. The van der Waals surface area contributed by atoms with Crippen molar-refractivity contribution in [3.05, 3.63) is 86.9 Å². The number of carbonyl (C=O) groups excluding carboxylic acids is 1. The maximum Gasteiger partial charge on any atom is 0.292 e. The van der Waals surface area contributed by atoms with E-state index in [4.69, 9.17) is 0 Å². The maximum absolute atomic E-state index is 13.2. The number of nitrogens with zero attached hydrogens (tertiary/aromatic N) is 3. The standard InChI is InChI=1S/C20H17FN4O4/c1-20(2,19(27)22-16-5-3-4-6-17(16)25(28)29)24-18(26)12-11-15(23-24)13-7-9-14(21)10-8-13/h3-12H,1-2H3,(H,22,27). The van der Waals surface area contributed by atoms with Crippen LogP contribution in [0.5, 0.6) is 0 Å². The van der Waals surface area contributed by atoms with E-state index in [1.807, 2.05) is 0 Å². The molecule has 0 atom stereocenters. The van der Waals surface area contributed by atoms with E-state index in [1.54, 1.807) is 6.07 Å². The summed E-state index contributed by atoms with van der Waals surface area (Å²) >= 11 is 0. The molecule has 2 aromatic carbocycles. The van der Waals surface area contributed by atoms with Crippen molar-refractivity contribution in [1.82, 2.24) is 9.78 Å². The molecule has 0 aliphatic rings. The number of benzene rings is 2. The summed E-state index contributed by atoms with van der Waals surface area (Å²) in [5, 5.41) is 17.9. The molecule has 1 aromatic heterocycles. The fraction of sp³-hybridized carbons (Fsp3) is 0.150. The zero-order valence-corrected chi connectivity index (χ0v) is 15.6. The smallest absolute Gasteiger partial charge is 0.292 e. The molecule has 1 amide bonds. The van der Waals surface area contributed by atoms with E-state index in [2.05, 4.69) is 10.4 Å². The van der Waals surface area contributed by atoms with Gasteiger partial charge in [0, 0.05) is 17.7 Å². The van der Waals surface area contributed by atoms with Gasteiger partial charge in [-0.15, -0.1) is 0 Å². The van der Waals surface area contributed by atoms with E-state index in [1.165, 1.54) is 68.4 Å². The van der Waals surface area contributed by atoms with Crippen LogP contribution in [-0.2, 0) is 10.3 Å². The second-order valence-corrected chi connectivity index (χ2v) is 6.76. The summed E-state index contributed by atoms with van der Waals surface area (Å²) in [4.78, 5) is 35.8. The van der Waals surface area contributed by atoms with Crippen molar-refractivity contribution in [1.29, 1.82) is 0 Å². The summed E-state index contributed by atoms with van der Waals surface area (Å²) < 4.78 is 14.2. The second kappa shape index (κ2) is 7.63. The van der Waals surface area contributed by atoms with Gasteiger partial charge in [-0.25, -0.2) is 9.07 Å². The Kier molecular flexibility index (Phi) is 5.22. The minimum Gasteiger partial charge on any atom is -0.318 e. The molecule has 148 valence electrons. The average Bonchev–Trinajstić information content (AvgIpc) is 2.69. The highest BCUT2D eigenvalue weighted by Crippen LogP contribution is 2.26. The van der Waals surface area contributed by atoms with Crippen LogP contribution < -0.4 is 10.9 Å². The third kappa shape index (κ3) is 4.03. The number of halogens is 1. The molecule has 29 heavy (non-hydrogen) atoms. The summed E-state index contributed by atoms with van der Waals surface area (Å²) in [6, 6.07) is 14.0. The molecule has 0 fully saturated rings. The molecule has 3 rings (SSSR count). The first-order chi connectivity index (χ1) is 13.7. The number of rotatable bonds is 5. The van der Waals surface area contributed by atoms with Crippen molar-refractivity contribution >= 4 is 17.3 Å². The SMILES string of the molecule is CC(C)(C(=O)Nc1ccccc1[N+](=O)[O-])n1nc(-c2ccc(F)cc2)ccc1=O. The van der Waals surface area contributed by atoms with Crippen molar-refractivity contribution in [2.24, 2.45) is 0 Å². The molecule has 3 aromatic rings. The Balaban J connectivity index is 1.97. The Morgan fingerprint density at radius 3 is 2.41 bits per heavy atom. The number of nitro groups is 1. The molecule has 0 unspecified atom stereocenters. The van der Waals surface area contributed by atoms with Gasteiger partial charge in [0.15, 0.2) is 0 Å². The highest BCUT2D eigenvalue weighted by Gasteiger charge is 2.33. The number of aromatic nitrogens is 2. The zero-order valence-electron chi connectivity index (χ0n) is 15.6. The normalized spacial score (nSPS) is 11.1. The van der Waals surface area contributed by atoms with Gasteiger partial charge in [-0.2, -0.15) is 5.10 Å². The number of nitrogens with one attached hydrogen (secondary N) is 1. The molecule has 0 saturated heterocycles. The molecule has 1 heterocycles. The third-order valence-electron chi connectivity index (χ3n) is 4.37. The molecule has 1 N–H and O–H groups in total. The van der Waals surface area contributed by atoms with Gasteiger partial charge in [-0.05, 0) is 50.2 Å². The van der Waals surface area contributed by atoms with Gasteiger partial charge < -0.3 is 5.32 Å². The first-order valence-electron chi connectivity index (χ1n) is 8.62. The zero-order chi connectivity index (χ0) is 21.2. The lowest BCUT2D eigenvalue weighted by Crippen LogP contribution is -2.47. The molecule has 0 bridgehead atoms. The van der Waals surface area contributed by atoms with Crippen molar-refractivity contribution in [2.75, 3.05) is 5.32 Å². The highest BCUT2D eigenvalue weighted by molar-refractivity contribution is 5.97. The van der Waals surface area contributed by atoms with Crippen LogP contribution in [0.15, 0.2) is 65.5 Å². The van der Waals surface area contributed by atoms with Crippen LogP contribution in [0.3, 0.4) is 0 Å². The van der Waals surface area contributed by atoms with Crippen molar-refractivity contribution in [3.8, 4) is 11.3 Å². The monoisotopic (exact) mass is 396 g/mol. The molecular formula is C20H17FN4O4. The minimum absolute atomic E-state index is 0.0123. The predicted molar refractivity (Wildman–Crippen MR) is 105 cm³/mol. The van der Waals surface area contributed by atoms with Crippen LogP contribution in [0.25, 0.3) is 11.3 Å². The van der Waals surface area contributed by atoms with Crippen LogP contribution in [0.2, 0.25) is 0 Å². The first-order valence-corrected chi connectivity index (χ1v) is 8.62. The second-order valence-electron chi connectivity index (χ2n) is 6.76. The number of carbonyl (C=O) groups is 1.